The first-order valence-corrected chi connectivity index (χ1v) is 13.3. The van der Waals surface area contributed by atoms with Gasteiger partial charge in [0.25, 0.3) is 5.91 Å². The van der Waals surface area contributed by atoms with Crippen LogP contribution in [0.25, 0.3) is 0 Å². The molecule has 1 N–H and O–H groups in total. The molecule has 4 rings (SSSR count). The van der Waals surface area contributed by atoms with Crippen molar-refractivity contribution in [2.75, 3.05) is 19.3 Å². The first-order valence-electron chi connectivity index (χ1n) is 11.4. The largest absolute Gasteiger partial charge is 0.489 e. The number of carbonyl (C=O) groups is 1. The van der Waals surface area contributed by atoms with Gasteiger partial charge < -0.3 is 4.74 Å². The number of rotatable bonds is 7. The highest BCUT2D eigenvalue weighted by atomic mass is 32.2. The zero-order valence-corrected chi connectivity index (χ0v) is 20.2. The topological polar surface area (TPSA) is 75.7 Å². The molecule has 1 amide bonds. The van der Waals surface area contributed by atoms with Crippen LogP contribution in [0.15, 0.2) is 30.3 Å². The molecule has 1 aliphatic heterocycles. The molecule has 196 valence electrons. The number of hydrogen-bond donors (Lipinski definition) is 1. The van der Waals surface area contributed by atoms with E-state index < -0.39 is 51.0 Å². The van der Waals surface area contributed by atoms with Gasteiger partial charge in [-0.3, -0.25) is 9.69 Å². The molecular formula is C24H25F5N2O4S. The zero-order valence-electron chi connectivity index (χ0n) is 19.4. The van der Waals surface area contributed by atoms with E-state index in [2.05, 4.69) is 0 Å². The monoisotopic (exact) mass is 532 g/mol. The number of sulfonamides is 1. The number of piperidine rings is 1. The summed E-state index contributed by atoms with van der Waals surface area (Å²) in [6, 6.07) is 4.97. The summed E-state index contributed by atoms with van der Waals surface area (Å²) in [5.41, 5.74) is -0.886. The molecule has 2 fully saturated rings. The third kappa shape index (κ3) is 6.52. The third-order valence-corrected chi connectivity index (χ3v) is 6.72. The van der Waals surface area contributed by atoms with E-state index in [1.54, 1.807) is 9.62 Å². The lowest BCUT2D eigenvalue weighted by Gasteiger charge is -2.34. The number of nitrogens with one attached hydrogen (secondary N) is 1. The van der Waals surface area contributed by atoms with Crippen LogP contribution >= 0.6 is 0 Å². The van der Waals surface area contributed by atoms with E-state index in [4.69, 9.17) is 4.74 Å². The number of likely N-dealkylation sites (tertiary alicyclic amines) is 1. The van der Waals surface area contributed by atoms with E-state index in [1.165, 1.54) is 6.07 Å². The molecule has 1 atom stereocenters. The Bertz CT molecular complexity index is 1260. The Hall–Kier alpha value is -2.73. The second-order valence-corrected chi connectivity index (χ2v) is 11.0. The zero-order chi connectivity index (χ0) is 26.3. The molecular weight excluding hydrogens is 507 g/mol. The van der Waals surface area contributed by atoms with Crippen LogP contribution in [0.5, 0.6) is 5.75 Å². The van der Waals surface area contributed by atoms with E-state index in [0.717, 1.165) is 37.3 Å². The molecule has 12 heteroatoms. The molecule has 2 aromatic rings. The maximum Gasteiger partial charge on any atom is 0.416 e. The van der Waals surface area contributed by atoms with Gasteiger partial charge in [-0.15, -0.1) is 0 Å². The fourth-order valence-corrected chi connectivity index (χ4v) is 4.86. The summed E-state index contributed by atoms with van der Waals surface area (Å²) in [4.78, 5) is 14.0. The highest BCUT2D eigenvalue weighted by molar-refractivity contribution is 7.89. The first-order chi connectivity index (χ1) is 16.8. The number of amides is 1. The highest BCUT2D eigenvalue weighted by Gasteiger charge is 2.35. The fraction of sp³-hybridized carbons (Fsp3) is 0.458. The van der Waals surface area contributed by atoms with Crippen LogP contribution in [0, 0.1) is 11.6 Å². The van der Waals surface area contributed by atoms with Gasteiger partial charge in [-0.2, -0.15) is 13.2 Å². The summed E-state index contributed by atoms with van der Waals surface area (Å²) in [6.07, 6.45) is -1.52. The van der Waals surface area contributed by atoms with Crippen LogP contribution in [0.2, 0.25) is 0 Å². The molecule has 2 aromatic carbocycles. The summed E-state index contributed by atoms with van der Waals surface area (Å²) in [5, 5.41) is 0. The van der Waals surface area contributed by atoms with Crippen molar-refractivity contribution >= 4 is 15.9 Å². The molecule has 6 nitrogen and oxygen atoms in total. The molecule has 1 aliphatic carbocycles. The minimum Gasteiger partial charge on any atom is -0.489 e. The molecule has 0 radical (unpaired) electrons. The summed E-state index contributed by atoms with van der Waals surface area (Å²) < 4.78 is 98.9. The van der Waals surface area contributed by atoms with Crippen molar-refractivity contribution in [1.82, 2.24) is 9.62 Å². The van der Waals surface area contributed by atoms with Crippen molar-refractivity contribution in [2.24, 2.45) is 0 Å². The van der Waals surface area contributed by atoms with Gasteiger partial charge in [-0.05, 0) is 67.5 Å². The lowest BCUT2D eigenvalue weighted by molar-refractivity contribution is -0.138. The molecule has 36 heavy (non-hydrogen) atoms. The number of nitrogens with zero attached hydrogens (tertiary/aromatic N) is 1. The number of benzene rings is 2. The summed E-state index contributed by atoms with van der Waals surface area (Å²) in [5.74, 6) is -2.71. The molecule has 0 bridgehead atoms. The van der Waals surface area contributed by atoms with Gasteiger partial charge in [-0.25, -0.2) is 21.9 Å². The van der Waals surface area contributed by atoms with E-state index in [1.807, 2.05) is 0 Å². The second-order valence-electron chi connectivity index (χ2n) is 9.26. The van der Waals surface area contributed by atoms with Gasteiger partial charge in [0.15, 0.2) is 0 Å². The lowest BCUT2D eigenvalue weighted by Crippen LogP contribution is -2.41. The number of hydrogen-bond acceptors (Lipinski definition) is 5. The van der Waals surface area contributed by atoms with Gasteiger partial charge in [0.1, 0.15) is 23.5 Å². The van der Waals surface area contributed by atoms with Crippen LogP contribution in [-0.4, -0.2) is 44.7 Å². The maximum atomic E-state index is 14.8. The van der Waals surface area contributed by atoms with Gasteiger partial charge in [0.2, 0.25) is 10.0 Å². The maximum absolute atomic E-state index is 14.8. The Balaban J connectivity index is 1.51. The number of halogens is 5. The second kappa shape index (κ2) is 9.97. The van der Waals surface area contributed by atoms with Crippen molar-refractivity contribution in [3.05, 3.63) is 64.2 Å². The van der Waals surface area contributed by atoms with Crippen LogP contribution in [0.3, 0.4) is 0 Å². The van der Waals surface area contributed by atoms with Gasteiger partial charge in [0, 0.05) is 19.2 Å². The van der Waals surface area contributed by atoms with Crippen LogP contribution in [-0.2, 0) is 22.7 Å². The Morgan fingerprint density at radius 2 is 1.86 bits per heavy atom. The van der Waals surface area contributed by atoms with Crippen LogP contribution < -0.4 is 9.46 Å². The number of alkyl halides is 3. The van der Waals surface area contributed by atoms with Gasteiger partial charge in [-0.1, -0.05) is 6.07 Å². The molecule has 0 aromatic heterocycles. The normalized spacial score (nSPS) is 19.2. The van der Waals surface area contributed by atoms with Crippen molar-refractivity contribution in [3.8, 4) is 5.75 Å². The average molecular weight is 533 g/mol. The van der Waals surface area contributed by atoms with Crippen molar-refractivity contribution in [2.45, 2.75) is 50.4 Å². The van der Waals surface area contributed by atoms with Crippen LogP contribution in [0.1, 0.15) is 58.6 Å². The Kier molecular flexibility index (Phi) is 7.29. The highest BCUT2D eigenvalue weighted by Crippen LogP contribution is 2.45. The molecule has 1 saturated heterocycles. The van der Waals surface area contributed by atoms with Crippen molar-refractivity contribution in [1.29, 1.82) is 0 Å². The SMILES string of the molecule is CS(=O)(=O)NC(=O)c1cc(C2CC2)c(O[C@@H]2CCCN(Cc3ccc(F)cc3C(F)(F)F)C2)cc1F. The average Bonchev–Trinajstić information content (AvgIpc) is 3.59. The Morgan fingerprint density at radius 3 is 2.50 bits per heavy atom. The Labute approximate surface area is 205 Å². The fourth-order valence-electron chi connectivity index (χ4n) is 4.41. The predicted octanol–water partition coefficient (Wildman–Crippen LogP) is 4.59. The van der Waals surface area contributed by atoms with E-state index >= 15 is 0 Å². The molecule has 0 spiro atoms. The minimum atomic E-state index is -4.69. The summed E-state index contributed by atoms with van der Waals surface area (Å²) in [6.45, 7) is 0.739. The van der Waals surface area contributed by atoms with Crippen LogP contribution in [0.4, 0.5) is 22.0 Å². The lowest BCUT2D eigenvalue weighted by atomic mass is 10.0. The summed E-state index contributed by atoms with van der Waals surface area (Å²) in [7, 11) is -3.88. The molecule has 1 heterocycles. The standard InChI is InChI=1S/C24H25F5N2O4S/c1-36(33,34)30-23(32)19-10-18(14-4-5-14)22(11-21(19)26)35-17-3-2-8-31(13-17)12-15-6-7-16(25)9-20(15)24(27,28)29/h6-7,9-11,14,17H,2-5,8,12-13H2,1H3,(H,30,32)/t17-/m1/s1. The summed E-state index contributed by atoms with van der Waals surface area (Å²) >= 11 is 0. The Morgan fingerprint density at radius 1 is 1.14 bits per heavy atom. The quantitative estimate of drug-likeness (QED) is 0.528. The van der Waals surface area contributed by atoms with Gasteiger partial charge in [0.05, 0.1) is 17.4 Å². The first kappa shape index (κ1) is 26.3. The van der Waals surface area contributed by atoms with E-state index in [0.29, 0.717) is 31.0 Å². The molecule has 2 aliphatic rings. The van der Waals surface area contributed by atoms with Crippen molar-refractivity contribution in [3.63, 3.8) is 0 Å². The van der Waals surface area contributed by atoms with Crippen molar-refractivity contribution < 1.29 is 39.9 Å². The number of ether oxygens (including phenoxy) is 1. The minimum absolute atomic E-state index is 0.0404. The van der Waals surface area contributed by atoms with E-state index in [-0.39, 0.29) is 30.3 Å². The third-order valence-electron chi connectivity index (χ3n) is 6.17. The molecule has 0 unspecified atom stereocenters. The number of carbonyl (C=O) groups excluding carboxylic acids is 1. The van der Waals surface area contributed by atoms with Gasteiger partial charge >= 0.3 is 6.18 Å². The molecule has 1 saturated carbocycles. The predicted molar refractivity (Wildman–Crippen MR) is 121 cm³/mol. The smallest absolute Gasteiger partial charge is 0.416 e. The van der Waals surface area contributed by atoms with E-state index in [9.17, 15) is 35.2 Å².